The van der Waals surface area contributed by atoms with Crippen LogP contribution in [0.5, 0.6) is 5.75 Å². The molecule has 4 rings (SSSR count). The van der Waals surface area contributed by atoms with Crippen LogP contribution < -0.4 is 0 Å². The first kappa shape index (κ1) is 36.2. The third kappa shape index (κ3) is 9.46. The summed E-state index contributed by atoms with van der Waals surface area (Å²) >= 11 is 0. The summed E-state index contributed by atoms with van der Waals surface area (Å²) in [5, 5.41) is 21.1. The van der Waals surface area contributed by atoms with Crippen molar-refractivity contribution in [2.45, 2.75) is 154 Å². The van der Waals surface area contributed by atoms with E-state index in [1.165, 1.54) is 44.9 Å². The first-order valence-corrected chi connectivity index (χ1v) is 18.7. The smallest absolute Gasteiger partial charge is 0.222 e. The summed E-state index contributed by atoms with van der Waals surface area (Å²) in [5.41, 5.74) is 1.87. The minimum atomic E-state index is -0.957. The van der Waals surface area contributed by atoms with Crippen LogP contribution in [0, 0.1) is 23.2 Å². The number of ether oxygens (including phenoxy) is 1. The van der Waals surface area contributed by atoms with Gasteiger partial charge in [0, 0.05) is 32.5 Å². The molecule has 7 atom stereocenters. The zero-order valence-electron chi connectivity index (χ0n) is 28.8. The third-order valence-corrected chi connectivity index (χ3v) is 11.9. The number of hydrogen-bond acceptors (Lipinski definition) is 4. The molecule has 3 aliphatic carbocycles. The number of aromatic hydroxyl groups is 1. The molecule has 6 heteroatoms. The van der Waals surface area contributed by atoms with Gasteiger partial charge in [-0.15, -0.1) is 0 Å². The van der Waals surface area contributed by atoms with Crippen molar-refractivity contribution in [3.05, 3.63) is 29.3 Å². The fourth-order valence-corrected chi connectivity index (χ4v) is 9.40. The number of alkyl halides is 1. The Labute approximate surface area is 273 Å². The molecule has 45 heavy (non-hydrogen) atoms. The van der Waals surface area contributed by atoms with Crippen molar-refractivity contribution in [1.82, 2.24) is 4.90 Å². The van der Waals surface area contributed by atoms with E-state index in [0.717, 1.165) is 81.9 Å². The van der Waals surface area contributed by atoms with Crippen LogP contribution in [-0.2, 0) is 16.0 Å². The van der Waals surface area contributed by atoms with Crippen LogP contribution in [-0.4, -0.2) is 60.1 Å². The summed E-state index contributed by atoms with van der Waals surface area (Å²) in [4.78, 5) is 15.0. The number of amides is 1. The number of fused-ring (bicyclic) bond motifs is 5. The van der Waals surface area contributed by atoms with E-state index in [2.05, 4.69) is 13.8 Å². The quantitative estimate of drug-likeness (QED) is 0.141. The molecule has 2 saturated carbocycles. The van der Waals surface area contributed by atoms with E-state index in [4.69, 9.17) is 4.74 Å². The molecule has 0 heterocycles. The van der Waals surface area contributed by atoms with Gasteiger partial charge in [0.25, 0.3) is 0 Å². The number of methoxy groups -OCH3 is 1. The lowest BCUT2D eigenvalue weighted by atomic mass is 9.51. The van der Waals surface area contributed by atoms with Crippen LogP contribution in [0.3, 0.4) is 0 Å². The number of carbonyl (C=O) groups excluding carboxylic acids is 1. The standard InChI is InChI=1S/C39H64FNO4/c1-4-5-6-7-8-9-10-11-15-18-36(44)41(24-25-45-3)23-16-13-12-14-17-29-26-30-27-31(42)19-20-32(30)38-34(40)28-39(2)33(37(29)38)21-22-35(39)43/h19-20,27,29,33-35,37-38,42-43H,4-18,21-26,28H2,1-3H3/t29-,33+,34+,35+,37+,38+,39+/m1/s1. The van der Waals surface area contributed by atoms with Crippen molar-refractivity contribution in [2.24, 2.45) is 23.2 Å². The van der Waals surface area contributed by atoms with Crippen molar-refractivity contribution < 1.29 is 24.1 Å². The highest BCUT2D eigenvalue weighted by atomic mass is 19.1. The summed E-state index contributed by atoms with van der Waals surface area (Å²) in [6.07, 6.45) is 19.0. The highest BCUT2D eigenvalue weighted by molar-refractivity contribution is 5.76. The molecule has 0 aromatic heterocycles. The van der Waals surface area contributed by atoms with Crippen LogP contribution in [0.4, 0.5) is 4.39 Å². The number of halogens is 1. The predicted molar refractivity (Wildman–Crippen MR) is 181 cm³/mol. The van der Waals surface area contributed by atoms with Gasteiger partial charge in [-0.25, -0.2) is 4.39 Å². The largest absolute Gasteiger partial charge is 0.508 e. The van der Waals surface area contributed by atoms with Gasteiger partial charge in [-0.3, -0.25) is 4.79 Å². The van der Waals surface area contributed by atoms with Gasteiger partial charge < -0.3 is 19.8 Å². The minimum Gasteiger partial charge on any atom is -0.508 e. The molecule has 2 fully saturated rings. The molecule has 0 aliphatic heterocycles. The molecule has 1 amide bonds. The molecule has 0 saturated heterocycles. The molecular weight excluding hydrogens is 565 g/mol. The lowest BCUT2D eigenvalue weighted by Gasteiger charge is -2.54. The SMILES string of the molecule is CCCCCCCCCCCC(=O)N(CCCCCC[C@@H]1Cc2cc(O)ccc2[C@@H]2[C@@H]1[C@@H]1CC[C@H](O)[C@@]1(C)C[C@@H]2F)CCOC. The molecule has 256 valence electrons. The number of rotatable bonds is 20. The Morgan fingerprint density at radius 1 is 0.978 bits per heavy atom. The topological polar surface area (TPSA) is 70.0 Å². The summed E-state index contributed by atoms with van der Waals surface area (Å²) in [7, 11) is 1.70. The highest BCUT2D eigenvalue weighted by Gasteiger charge is 2.59. The van der Waals surface area contributed by atoms with Gasteiger partial charge in [0.05, 0.1) is 12.7 Å². The fourth-order valence-electron chi connectivity index (χ4n) is 9.40. The van der Waals surface area contributed by atoms with E-state index in [0.29, 0.717) is 37.8 Å². The molecule has 3 aliphatic rings. The molecule has 1 aromatic rings. The van der Waals surface area contributed by atoms with Gasteiger partial charge in [-0.1, -0.05) is 90.5 Å². The van der Waals surface area contributed by atoms with Crippen molar-refractivity contribution in [2.75, 3.05) is 26.8 Å². The first-order valence-electron chi connectivity index (χ1n) is 18.7. The van der Waals surface area contributed by atoms with Gasteiger partial charge in [0.2, 0.25) is 5.91 Å². The molecule has 0 unspecified atom stereocenters. The van der Waals surface area contributed by atoms with Crippen LogP contribution in [0.2, 0.25) is 0 Å². The molecule has 0 radical (unpaired) electrons. The van der Waals surface area contributed by atoms with Crippen LogP contribution in [0.15, 0.2) is 18.2 Å². The zero-order chi connectivity index (χ0) is 32.2. The van der Waals surface area contributed by atoms with Crippen LogP contribution >= 0.6 is 0 Å². The average Bonchev–Trinajstić information content (AvgIpc) is 3.31. The summed E-state index contributed by atoms with van der Waals surface area (Å²) in [6.45, 7) is 6.43. The van der Waals surface area contributed by atoms with Gasteiger partial charge >= 0.3 is 0 Å². The zero-order valence-corrected chi connectivity index (χ0v) is 28.8. The van der Waals surface area contributed by atoms with Crippen molar-refractivity contribution in [1.29, 1.82) is 0 Å². The van der Waals surface area contributed by atoms with Gasteiger partial charge in [-0.05, 0) is 91.4 Å². The molecule has 0 bridgehead atoms. The second-order valence-electron chi connectivity index (χ2n) is 15.0. The number of aliphatic hydroxyl groups excluding tert-OH is 1. The maximum Gasteiger partial charge on any atom is 0.222 e. The number of aliphatic hydroxyl groups is 1. The van der Waals surface area contributed by atoms with Gasteiger partial charge in [-0.2, -0.15) is 0 Å². The van der Waals surface area contributed by atoms with Gasteiger partial charge in [0.1, 0.15) is 11.9 Å². The number of unbranched alkanes of at least 4 members (excludes halogenated alkanes) is 11. The normalized spacial score (nSPS) is 28.8. The Morgan fingerprint density at radius 3 is 2.40 bits per heavy atom. The number of phenolic OH excluding ortho intramolecular Hbond substituents is 1. The Hall–Kier alpha value is -1.66. The maximum atomic E-state index is 16.0. The molecule has 1 aromatic carbocycles. The van der Waals surface area contributed by atoms with Crippen LogP contribution in [0.25, 0.3) is 0 Å². The van der Waals surface area contributed by atoms with Crippen LogP contribution in [0.1, 0.15) is 146 Å². The number of benzene rings is 1. The fraction of sp³-hybridized carbons (Fsp3) is 0.821. The van der Waals surface area contributed by atoms with Crippen molar-refractivity contribution in [3.8, 4) is 5.75 Å². The van der Waals surface area contributed by atoms with E-state index >= 15 is 4.39 Å². The summed E-state index contributed by atoms with van der Waals surface area (Å²) in [5.74, 6) is 1.37. The molecule has 2 N–H and O–H groups in total. The Bertz CT molecular complexity index is 1030. The van der Waals surface area contributed by atoms with E-state index in [9.17, 15) is 15.0 Å². The predicted octanol–water partition coefficient (Wildman–Crippen LogP) is 9.13. The first-order chi connectivity index (χ1) is 21.8. The van der Waals surface area contributed by atoms with Gasteiger partial charge in [0.15, 0.2) is 0 Å². The highest BCUT2D eigenvalue weighted by Crippen LogP contribution is 2.63. The number of phenols is 1. The second-order valence-corrected chi connectivity index (χ2v) is 15.0. The number of nitrogens with zero attached hydrogens (tertiary/aromatic N) is 1. The summed E-state index contributed by atoms with van der Waals surface area (Å²) in [6, 6.07) is 5.55. The van der Waals surface area contributed by atoms with Crippen molar-refractivity contribution in [3.63, 3.8) is 0 Å². The van der Waals surface area contributed by atoms with E-state index < -0.39 is 12.3 Å². The number of carbonyl (C=O) groups is 1. The second kappa shape index (κ2) is 18.0. The van der Waals surface area contributed by atoms with E-state index in [1.807, 2.05) is 17.0 Å². The van der Waals surface area contributed by atoms with E-state index in [-0.39, 0.29) is 28.9 Å². The Morgan fingerprint density at radius 2 is 1.67 bits per heavy atom. The molecule has 0 spiro atoms. The Kier molecular flexibility index (Phi) is 14.5. The molecular formula is C39H64FNO4. The number of hydrogen-bond donors (Lipinski definition) is 2. The van der Waals surface area contributed by atoms with E-state index in [1.54, 1.807) is 13.2 Å². The minimum absolute atomic E-state index is 0.131. The molecule has 5 nitrogen and oxygen atoms in total. The summed E-state index contributed by atoms with van der Waals surface area (Å²) < 4.78 is 21.3. The average molecular weight is 630 g/mol. The lowest BCUT2D eigenvalue weighted by molar-refractivity contribution is -0.132. The monoisotopic (exact) mass is 629 g/mol. The van der Waals surface area contributed by atoms with Crippen molar-refractivity contribution >= 4 is 5.91 Å². The third-order valence-electron chi connectivity index (χ3n) is 11.9. The maximum absolute atomic E-state index is 16.0. The lowest BCUT2D eigenvalue weighted by Crippen LogP contribution is -2.51. The Balaban J connectivity index is 1.23.